The van der Waals surface area contributed by atoms with E-state index in [1.54, 1.807) is 0 Å². The molecule has 0 aliphatic carbocycles. The first kappa shape index (κ1) is 17.9. The largest absolute Gasteiger partial charge is 0.573 e. The number of nitrogens with zero attached hydrogens (tertiary/aromatic N) is 1. The fourth-order valence-electron chi connectivity index (χ4n) is 2.46. The third-order valence-electron chi connectivity index (χ3n) is 3.29. The second kappa shape index (κ2) is 6.56. The molecule has 10 heteroatoms. The second-order valence-corrected chi connectivity index (χ2v) is 8.03. The van der Waals surface area contributed by atoms with Crippen molar-refractivity contribution in [1.82, 2.24) is 4.90 Å². The Labute approximate surface area is 135 Å². The predicted octanol–water partition coefficient (Wildman–Crippen LogP) is 2.50. The molecule has 0 saturated carbocycles. The molecule has 2 rings (SSSR count). The standard InChI is InChI=1S/C13H13ClF3NO4S/c14-23(20,21)8-9-5-12(19)18(6-9)7-10-3-1-2-4-11(10)22-13(15,16)17/h1-4,9H,5-8H2. The lowest BCUT2D eigenvalue weighted by atomic mass is 10.1. The molecule has 0 spiro atoms. The molecule has 1 aliphatic rings. The van der Waals surface area contributed by atoms with Crippen LogP contribution in [0.4, 0.5) is 13.2 Å². The van der Waals surface area contributed by atoms with Crippen molar-refractivity contribution in [2.45, 2.75) is 19.3 Å². The van der Waals surface area contributed by atoms with Crippen molar-refractivity contribution in [3.63, 3.8) is 0 Å². The van der Waals surface area contributed by atoms with Gasteiger partial charge in [0.05, 0.1) is 5.75 Å². The molecule has 1 unspecified atom stereocenters. The molecule has 1 aliphatic heterocycles. The van der Waals surface area contributed by atoms with Crippen LogP contribution < -0.4 is 4.74 Å². The van der Waals surface area contributed by atoms with E-state index in [-0.39, 0.29) is 42.5 Å². The molecule has 0 N–H and O–H groups in total. The van der Waals surface area contributed by atoms with Crippen molar-refractivity contribution in [3.8, 4) is 5.75 Å². The average Bonchev–Trinajstić information content (AvgIpc) is 2.68. The van der Waals surface area contributed by atoms with Gasteiger partial charge in [0, 0.05) is 41.7 Å². The quantitative estimate of drug-likeness (QED) is 0.746. The van der Waals surface area contributed by atoms with E-state index in [1.165, 1.54) is 23.1 Å². The van der Waals surface area contributed by atoms with Crippen molar-refractivity contribution >= 4 is 25.6 Å². The smallest absolute Gasteiger partial charge is 0.405 e. The first-order chi connectivity index (χ1) is 10.5. The number of amides is 1. The number of benzene rings is 1. The molecule has 1 aromatic carbocycles. The van der Waals surface area contributed by atoms with Gasteiger partial charge in [0.15, 0.2) is 0 Å². The number of para-hydroxylation sites is 1. The lowest BCUT2D eigenvalue weighted by molar-refractivity contribution is -0.275. The van der Waals surface area contributed by atoms with Gasteiger partial charge in [-0.2, -0.15) is 0 Å². The third kappa shape index (κ3) is 5.58. The number of ether oxygens (including phenoxy) is 1. The van der Waals surface area contributed by atoms with E-state index < -0.39 is 21.3 Å². The highest BCUT2D eigenvalue weighted by atomic mass is 35.7. The zero-order valence-corrected chi connectivity index (χ0v) is 13.3. The van der Waals surface area contributed by atoms with Crippen LogP contribution in [0.15, 0.2) is 24.3 Å². The minimum atomic E-state index is -4.83. The topological polar surface area (TPSA) is 63.7 Å². The molecule has 1 fully saturated rings. The summed E-state index contributed by atoms with van der Waals surface area (Å²) in [5, 5.41) is 0. The number of carbonyl (C=O) groups excluding carboxylic acids is 1. The van der Waals surface area contributed by atoms with Crippen molar-refractivity contribution in [2.24, 2.45) is 5.92 Å². The van der Waals surface area contributed by atoms with Gasteiger partial charge >= 0.3 is 6.36 Å². The maximum atomic E-state index is 12.4. The normalized spacial score (nSPS) is 19.2. The summed E-state index contributed by atoms with van der Waals surface area (Å²) in [6, 6.07) is 5.49. The van der Waals surface area contributed by atoms with Crippen LogP contribution in [0, 0.1) is 5.92 Å². The van der Waals surface area contributed by atoms with E-state index in [1.807, 2.05) is 0 Å². The maximum absolute atomic E-state index is 12.4. The van der Waals surface area contributed by atoms with E-state index in [0.29, 0.717) is 0 Å². The zero-order chi connectivity index (χ0) is 17.3. The zero-order valence-electron chi connectivity index (χ0n) is 11.7. The molecule has 1 amide bonds. The Hall–Kier alpha value is -1.48. The van der Waals surface area contributed by atoms with Gasteiger partial charge in [-0.25, -0.2) is 8.42 Å². The van der Waals surface area contributed by atoms with Gasteiger partial charge in [0.25, 0.3) is 0 Å². The summed E-state index contributed by atoms with van der Waals surface area (Å²) >= 11 is 0. The summed E-state index contributed by atoms with van der Waals surface area (Å²) in [5.41, 5.74) is 0.188. The Balaban J connectivity index is 2.09. The first-order valence-corrected chi connectivity index (χ1v) is 9.05. The molecule has 1 aromatic rings. The van der Waals surface area contributed by atoms with Gasteiger partial charge in [-0.3, -0.25) is 4.79 Å². The third-order valence-corrected chi connectivity index (χ3v) is 4.54. The van der Waals surface area contributed by atoms with E-state index in [2.05, 4.69) is 4.74 Å². The minimum Gasteiger partial charge on any atom is -0.405 e. The van der Waals surface area contributed by atoms with Crippen LogP contribution in [0.5, 0.6) is 5.75 Å². The van der Waals surface area contributed by atoms with Crippen LogP contribution in [-0.4, -0.2) is 37.9 Å². The second-order valence-electron chi connectivity index (χ2n) is 5.21. The fourth-order valence-corrected chi connectivity index (χ4v) is 3.79. The Kier molecular flexibility index (Phi) is 5.10. The number of carbonyl (C=O) groups is 1. The Bertz CT molecular complexity index is 693. The summed E-state index contributed by atoms with van der Waals surface area (Å²) in [7, 11) is 1.42. The molecule has 1 atom stereocenters. The van der Waals surface area contributed by atoms with Crippen molar-refractivity contribution < 1.29 is 31.1 Å². The molecule has 0 bridgehead atoms. The van der Waals surface area contributed by atoms with Crippen LogP contribution in [0.1, 0.15) is 12.0 Å². The summed E-state index contributed by atoms with van der Waals surface area (Å²) in [4.78, 5) is 13.2. The van der Waals surface area contributed by atoms with E-state index in [4.69, 9.17) is 10.7 Å². The molecule has 0 aromatic heterocycles. The SMILES string of the molecule is O=C1CC(CS(=O)(=O)Cl)CN1Cc1ccccc1OC(F)(F)F. The van der Waals surface area contributed by atoms with Crippen LogP contribution in [0.25, 0.3) is 0 Å². The molecule has 1 heterocycles. The molecule has 1 saturated heterocycles. The molecule has 0 radical (unpaired) electrons. The van der Waals surface area contributed by atoms with Crippen molar-refractivity contribution in [3.05, 3.63) is 29.8 Å². The summed E-state index contributed by atoms with van der Waals surface area (Å²) in [5.74, 6) is -1.55. The van der Waals surface area contributed by atoms with E-state index in [0.717, 1.165) is 6.07 Å². The molecular formula is C13H13ClF3NO4S. The highest BCUT2D eigenvalue weighted by molar-refractivity contribution is 8.13. The highest BCUT2D eigenvalue weighted by Gasteiger charge is 2.34. The minimum absolute atomic E-state index is 0.00571. The average molecular weight is 372 g/mol. The van der Waals surface area contributed by atoms with Gasteiger partial charge in [0.1, 0.15) is 5.75 Å². The van der Waals surface area contributed by atoms with Crippen LogP contribution >= 0.6 is 10.7 Å². The number of hydrogen-bond donors (Lipinski definition) is 0. The van der Waals surface area contributed by atoms with Crippen LogP contribution in [0.3, 0.4) is 0 Å². The van der Waals surface area contributed by atoms with Crippen LogP contribution in [0.2, 0.25) is 0 Å². The first-order valence-electron chi connectivity index (χ1n) is 6.57. The Morgan fingerprint density at radius 3 is 2.57 bits per heavy atom. The van der Waals surface area contributed by atoms with Gasteiger partial charge < -0.3 is 9.64 Å². The number of hydrogen-bond acceptors (Lipinski definition) is 4. The predicted molar refractivity (Wildman–Crippen MR) is 76.3 cm³/mol. The monoisotopic (exact) mass is 371 g/mol. The Morgan fingerprint density at radius 2 is 1.96 bits per heavy atom. The molecule has 128 valence electrons. The van der Waals surface area contributed by atoms with Crippen LogP contribution in [-0.2, 0) is 20.4 Å². The number of rotatable bonds is 5. The van der Waals surface area contributed by atoms with Gasteiger partial charge in [-0.05, 0) is 6.07 Å². The fraction of sp³-hybridized carbons (Fsp3) is 0.462. The van der Waals surface area contributed by atoms with E-state index in [9.17, 15) is 26.4 Å². The summed E-state index contributed by atoms with van der Waals surface area (Å²) in [6.07, 6.45) is -4.84. The van der Waals surface area contributed by atoms with Crippen molar-refractivity contribution in [2.75, 3.05) is 12.3 Å². The lowest BCUT2D eigenvalue weighted by Gasteiger charge is -2.19. The number of halogens is 4. The lowest BCUT2D eigenvalue weighted by Crippen LogP contribution is -2.26. The van der Waals surface area contributed by atoms with Gasteiger partial charge in [0.2, 0.25) is 15.0 Å². The van der Waals surface area contributed by atoms with Crippen molar-refractivity contribution in [1.29, 1.82) is 0 Å². The molecule has 23 heavy (non-hydrogen) atoms. The highest BCUT2D eigenvalue weighted by Crippen LogP contribution is 2.29. The Morgan fingerprint density at radius 1 is 1.30 bits per heavy atom. The van der Waals surface area contributed by atoms with Gasteiger partial charge in [-0.1, -0.05) is 18.2 Å². The van der Waals surface area contributed by atoms with Gasteiger partial charge in [-0.15, -0.1) is 13.2 Å². The summed E-state index contributed by atoms with van der Waals surface area (Å²) in [6.45, 7) is 0.0229. The number of alkyl halides is 3. The van der Waals surface area contributed by atoms with E-state index >= 15 is 0 Å². The maximum Gasteiger partial charge on any atom is 0.573 e. The molecular weight excluding hydrogens is 359 g/mol. The summed E-state index contributed by atoms with van der Waals surface area (Å²) < 4.78 is 63.2. The number of likely N-dealkylation sites (tertiary alicyclic amines) is 1. The molecule has 5 nitrogen and oxygen atoms in total.